The van der Waals surface area contributed by atoms with Gasteiger partial charge in [0, 0.05) is 11.6 Å². The summed E-state index contributed by atoms with van der Waals surface area (Å²) in [5.74, 6) is -1.38. The lowest BCUT2D eigenvalue weighted by atomic mass is 9.94. The molecule has 0 radical (unpaired) electrons. The number of nitro benzene ring substituents is 1. The molecular formula is C12H13N3O4. The van der Waals surface area contributed by atoms with Gasteiger partial charge in [0.1, 0.15) is 0 Å². The molecule has 1 aromatic rings. The molecule has 0 aromatic heterocycles. The van der Waals surface area contributed by atoms with E-state index in [0.29, 0.717) is 12.3 Å². The summed E-state index contributed by atoms with van der Waals surface area (Å²) in [6, 6.07) is 2.38. The average molecular weight is 263 g/mol. The van der Waals surface area contributed by atoms with Crippen LogP contribution in [0.25, 0.3) is 0 Å². The number of carbonyl (C=O) groups excluding carboxylic acids is 2. The van der Waals surface area contributed by atoms with E-state index in [0.717, 1.165) is 12.8 Å². The zero-order valence-electron chi connectivity index (χ0n) is 10.1. The Morgan fingerprint density at radius 1 is 1.26 bits per heavy atom. The van der Waals surface area contributed by atoms with Crippen molar-refractivity contribution in [3.63, 3.8) is 0 Å². The van der Waals surface area contributed by atoms with Crippen LogP contribution in [0.2, 0.25) is 0 Å². The van der Waals surface area contributed by atoms with Gasteiger partial charge in [-0.15, -0.1) is 0 Å². The molecule has 0 atom stereocenters. The van der Waals surface area contributed by atoms with Gasteiger partial charge in [-0.05, 0) is 31.2 Å². The number of nitrogens with two attached hydrogens (primary N) is 2. The van der Waals surface area contributed by atoms with E-state index in [1.165, 1.54) is 12.1 Å². The van der Waals surface area contributed by atoms with E-state index in [1.54, 1.807) is 0 Å². The van der Waals surface area contributed by atoms with Crippen molar-refractivity contribution >= 4 is 17.5 Å². The average Bonchev–Trinajstić information content (AvgIpc) is 3.11. The molecule has 19 heavy (non-hydrogen) atoms. The lowest BCUT2D eigenvalue weighted by Gasteiger charge is -2.10. The van der Waals surface area contributed by atoms with Crippen molar-refractivity contribution in [1.82, 2.24) is 0 Å². The van der Waals surface area contributed by atoms with Crippen molar-refractivity contribution in [2.45, 2.75) is 19.3 Å². The van der Waals surface area contributed by atoms with E-state index in [2.05, 4.69) is 0 Å². The van der Waals surface area contributed by atoms with Gasteiger partial charge in [0.05, 0.1) is 16.1 Å². The van der Waals surface area contributed by atoms with Crippen LogP contribution in [0.5, 0.6) is 0 Å². The van der Waals surface area contributed by atoms with Crippen LogP contribution in [-0.2, 0) is 6.42 Å². The molecule has 2 rings (SSSR count). The summed E-state index contributed by atoms with van der Waals surface area (Å²) >= 11 is 0. The third-order valence-corrected chi connectivity index (χ3v) is 3.19. The Kier molecular flexibility index (Phi) is 3.20. The number of amides is 2. The largest absolute Gasteiger partial charge is 0.366 e. The molecule has 0 aliphatic heterocycles. The van der Waals surface area contributed by atoms with E-state index in [-0.39, 0.29) is 22.4 Å². The molecule has 0 saturated heterocycles. The highest BCUT2D eigenvalue weighted by Gasteiger charge is 2.31. The molecule has 0 unspecified atom stereocenters. The first-order valence-corrected chi connectivity index (χ1v) is 5.81. The van der Waals surface area contributed by atoms with E-state index in [9.17, 15) is 19.7 Å². The van der Waals surface area contributed by atoms with Crippen LogP contribution in [0, 0.1) is 16.0 Å². The van der Waals surface area contributed by atoms with Gasteiger partial charge in [-0.3, -0.25) is 19.7 Å². The number of hydrogen-bond donors (Lipinski definition) is 2. The van der Waals surface area contributed by atoms with Crippen molar-refractivity contribution < 1.29 is 14.5 Å². The van der Waals surface area contributed by atoms with Gasteiger partial charge in [-0.2, -0.15) is 0 Å². The summed E-state index contributed by atoms with van der Waals surface area (Å²) in [4.78, 5) is 33.3. The molecule has 100 valence electrons. The minimum absolute atomic E-state index is 0.0613. The number of carbonyl (C=O) groups is 2. The second kappa shape index (κ2) is 4.68. The molecule has 1 aromatic carbocycles. The van der Waals surface area contributed by atoms with Crippen molar-refractivity contribution in [3.05, 3.63) is 38.9 Å². The maximum absolute atomic E-state index is 11.5. The number of nitrogens with zero attached hydrogens (tertiary/aromatic N) is 1. The molecule has 0 heterocycles. The number of hydrogen-bond acceptors (Lipinski definition) is 4. The smallest absolute Gasteiger partial charge is 0.273 e. The maximum atomic E-state index is 11.5. The van der Waals surface area contributed by atoms with E-state index in [4.69, 9.17) is 11.5 Å². The molecule has 2 amide bonds. The third-order valence-electron chi connectivity index (χ3n) is 3.19. The van der Waals surface area contributed by atoms with Gasteiger partial charge < -0.3 is 11.5 Å². The molecule has 1 aliphatic carbocycles. The second-order valence-corrected chi connectivity index (χ2v) is 4.62. The lowest BCUT2D eigenvalue weighted by molar-refractivity contribution is -0.385. The van der Waals surface area contributed by atoms with E-state index in [1.807, 2.05) is 0 Å². The number of primary amides is 2. The van der Waals surface area contributed by atoms with Gasteiger partial charge in [-0.25, -0.2) is 0 Å². The van der Waals surface area contributed by atoms with Crippen LogP contribution in [0.4, 0.5) is 5.69 Å². The van der Waals surface area contributed by atoms with Gasteiger partial charge in [0.15, 0.2) is 0 Å². The summed E-state index contributed by atoms with van der Waals surface area (Å²) in [5, 5.41) is 11.0. The standard InChI is InChI=1S/C12H13N3O4/c13-11(16)7-3-4-9(15(18)19)8(5-6-1-2-6)10(7)12(14)17/h3-4,6H,1-2,5H2,(H2,13,16)(H2,14,17). The van der Waals surface area contributed by atoms with Crippen molar-refractivity contribution in [2.75, 3.05) is 0 Å². The summed E-state index contributed by atoms with van der Waals surface area (Å²) in [6.45, 7) is 0. The fourth-order valence-corrected chi connectivity index (χ4v) is 2.11. The summed E-state index contributed by atoms with van der Waals surface area (Å²) in [6.07, 6.45) is 2.28. The van der Waals surface area contributed by atoms with Gasteiger partial charge in [-0.1, -0.05) is 0 Å². The Labute approximate surface area is 108 Å². The zero-order valence-corrected chi connectivity index (χ0v) is 10.1. The van der Waals surface area contributed by atoms with E-state index < -0.39 is 16.7 Å². The Balaban J connectivity index is 2.65. The Bertz CT molecular complexity index is 579. The summed E-state index contributed by atoms with van der Waals surface area (Å²) in [7, 11) is 0. The van der Waals surface area contributed by atoms with Gasteiger partial charge in [0.2, 0.25) is 11.8 Å². The highest BCUT2D eigenvalue weighted by Crippen LogP contribution is 2.37. The Morgan fingerprint density at radius 2 is 1.89 bits per heavy atom. The Morgan fingerprint density at radius 3 is 2.32 bits per heavy atom. The highest BCUT2D eigenvalue weighted by atomic mass is 16.6. The molecule has 0 bridgehead atoms. The predicted molar refractivity (Wildman–Crippen MR) is 66.6 cm³/mol. The predicted octanol–water partition coefficient (Wildman–Crippen LogP) is 0.745. The lowest BCUT2D eigenvalue weighted by Crippen LogP contribution is -2.23. The van der Waals surface area contributed by atoms with Gasteiger partial charge >= 0.3 is 0 Å². The molecule has 7 nitrogen and oxygen atoms in total. The fraction of sp³-hybridized carbons (Fsp3) is 0.333. The molecule has 7 heteroatoms. The Hall–Kier alpha value is -2.44. The number of rotatable bonds is 5. The normalized spacial score (nSPS) is 14.1. The molecular weight excluding hydrogens is 250 g/mol. The molecule has 1 saturated carbocycles. The second-order valence-electron chi connectivity index (χ2n) is 4.62. The first-order valence-electron chi connectivity index (χ1n) is 5.81. The molecule has 1 fully saturated rings. The highest BCUT2D eigenvalue weighted by molar-refractivity contribution is 6.07. The van der Waals surface area contributed by atoms with Crippen molar-refractivity contribution in [1.29, 1.82) is 0 Å². The first kappa shape index (κ1) is 13.0. The third kappa shape index (κ3) is 2.54. The minimum Gasteiger partial charge on any atom is -0.366 e. The number of benzene rings is 1. The first-order chi connectivity index (χ1) is 8.91. The summed E-state index contributed by atoms with van der Waals surface area (Å²) in [5.41, 5.74) is 10.3. The van der Waals surface area contributed by atoms with Crippen molar-refractivity contribution in [3.8, 4) is 0 Å². The van der Waals surface area contributed by atoms with Crippen LogP contribution in [0.1, 0.15) is 39.1 Å². The maximum Gasteiger partial charge on any atom is 0.273 e. The minimum atomic E-state index is -0.867. The van der Waals surface area contributed by atoms with Crippen LogP contribution < -0.4 is 11.5 Å². The van der Waals surface area contributed by atoms with Crippen LogP contribution in [-0.4, -0.2) is 16.7 Å². The van der Waals surface area contributed by atoms with Crippen molar-refractivity contribution in [2.24, 2.45) is 17.4 Å². The molecule has 1 aliphatic rings. The van der Waals surface area contributed by atoms with Gasteiger partial charge in [0.25, 0.3) is 5.69 Å². The number of nitro groups is 1. The summed E-state index contributed by atoms with van der Waals surface area (Å²) < 4.78 is 0. The monoisotopic (exact) mass is 263 g/mol. The zero-order chi connectivity index (χ0) is 14.2. The van der Waals surface area contributed by atoms with Crippen LogP contribution in [0.3, 0.4) is 0 Å². The molecule has 4 N–H and O–H groups in total. The molecule has 0 spiro atoms. The van der Waals surface area contributed by atoms with E-state index >= 15 is 0 Å². The topological polar surface area (TPSA) is 129 Å². The quantitative estimate of drug-likeness (QED) is 0.599. The van der Waals surface area contributed by atoms with Crippen LogP contribution >= 0.6 is 0 Å². The SMILES string of the molecule is NC(=O)c1ccc([N+](=O)[O-])c(CC2CC2)c1C(N)=O. The fourth-order valence-electron chi connectivity index (χ4n) is 2.11. The van der Waals surface area contributed by atoms with Crippen LogP contribution in [0.15, 0.2) is 12.1 Å².